The van der Waals surface area contributed by atoms with Crippen LogP contribution in [0.2, 0.25) is 5.15 Å². The van der Waals surface area contributed by atoms with Gasteiger partial charge >= 0.3 is 0 Å². The second kappa shape index (κ2) is 3.45. The fourth-order valence-electron chi connectivity index (χ4n) is 0.586. The Kier molecular flexibility index (Phi) is 2.78. The van der Waals surface area contributed by atoms with Crippen LogP contribution in [0, 0.1) is 0 Å². The average Bonchev–Trinajstić information content (AvgIpc) is 1.85. The van der Waals surface area contributed by atoms with Crippen LogP contribution in [0.15, 0.2) is 16.7 Å². The predicted molar refractivity (Wildman–Crippen MR) is 41.9 cm³/mol. The summed E-state index contributed by atoms with van der Waals surface area (Å²) >= 11 is 8.31. The third-order valence-corrected chi connectivity index (χ3v) is 1.92. The zero-order chi connectivity index (χ0) is 8.43. The molecule has 0 aliphatic rings. The summed E-state index contributed by atoms with van der Waals surface area (Å²) in [5, 5.41) is 0.196. The van der Waals surface area contributed by atoms with E-state index in [0.29, 0.717) is 0 Å². The molecule has 1 heterocycles. The van der Waals surface area contributed by atoms with Crippen LogP contribution < -0.4 is 0 Å². The molecule has 5 heteroatoms. The molecule has 0 amide bonds. The minimum atomic E-state index is -2.52. The maximum absolute atomic E-state index is 12.0. The summed E-state index contributed by atoms with van der Waals surface area (Å²) in [6.07, 6.45) is -2.52. The first-order valence-electron chi connectivity index (χ1n) is 2.71. The number of hydrogen-bond donors (Lipinski definition) is 0. The molecule has 0 radical (unpaired) electrons. The maximum Gasteiger partial charge on any atom is 0.266 e. The molecule has 1 aromatic rings. The maximum atomic E-state index is 12.0. The molecule has 0 saturated carbocycles. The van der Waals surface area contributed by atoms with Crippen molar-refractivity contribution in [1.29, 1.82) is 0 Å². The molecule has 11 heavy (non-hydrogen) atoms. The van der Waals surface area contributed by atoms with Gasteiger partial charge in [-0.2, -0.15) is 0 Å². The summed E-state index contributed by atoms with van der Waals surface area (Å²) in [5.74, 6) is 0. The average molecular weight is 242 g/mol. The van der Waals surface area contributed by atoms with Crippen molar-refractivity contribution in [3.05, 3.63) is 27.5 Å². The summed E-state index contributed by atoms with van der Waals surface area (Å²) in [4.78, 5) is 3.60. The van der Waals surface area contributed by atoms with Gasteiger partial charge in [0.15, 0.2) is 0 Å². The molecule has 0 N–H and O–H groups in total. The molecule has 0 fully saturated rings. The predicted octanol–water partition coefficient (Wildman–Crippen LogP) is 3.44. The lowest BCUT2D eigenvalue weighted by Crippen LogP contribution is -1.88. The van der Waals surface area contributed by atoms with Crippen LogP contribution >= 0.6 is 27.5 Å². The van der Waals surface area contributed by atoms with Crippen molar-refractivity contribution in [2.24, 2.45) is 0 Å². The molecule has 0 unspecified atom stereocenters. The summed E-state index contributed by atoms with van der Waals surface area (Å²) < 4.78 is 24.2. The molecule has 0 aliphatic heterocycles. The zero-order valence-corrected chi connectivity index (χ0v) is 7.53. The highest BCUT2D eigenvalue weighted by Gasteiger charge is 2.11. The van der Waals surface area contributed by atoms with Crippen LogP contribution in [0.5, 0.6) is 0 Å². The second-order valence-electron chi connectivity index (χ2n) is 1.81. The molecule has 1 rings (SSSR count). The smallest absolute Gasteiger partial charge is 0.229 e. The topological polar surface area (TPSA) is 12.9 Å². The number of pyridine rings is 1. The third kappa shape index (κ3) is 2.10. The van der Waals surface area contributed by atoms with E-state index in [1.807, 2.05) is 0 Å². The number of alkyl halides is 2. The van der Waals surface area contributed by atoms with Crippen LogP contribution in [0.4, 0.5) is 8.78 Å². The van der Waals surface area contributed by atoms with Crippen molar-refractivity contribution in [2.45, 2.75) is 6.43 Å². The Hall–Kier alpha value is -0.220. The Morgan fingerprint density at radius 2 is 2.09 bits per heavy atom. The van der Waals surface area contributed by atoms with Crippen molar-refractivity contribution in [3.63, 3.8) is 0 Å². The van der Waals surface area contributed by atoms with Gasteiger partial charge < -0.3 is 0 Å². The quantitative estimate of drug-likeness (QED) is 0.688. The molecule has 0 atom stereocenters. The standard InChI is InChI=1S/C6H3BrClF2N/c7-5-3(6(9)10)1-2-4(8)11-5/h1-2,6H. The van der Waals surface area contributed by atoms with Gasteiger partial charge in [-0.05, 0) is 28.1 Å². The fraction of sp³-hybridized carbons (Fsp3) is 0.167. The van der Waals surface area contributed by atoms with E-state index in [0.717, 1.165) is 0 Å². The molecule has 60 valence electrons. The molecule has 0 aliphatic carbocycles. The van der Waals surface area contributed by atoms with Crippen LogP contribution in [-0.4, -0.2) is 4.98 Å². The van der Waals surface area contributed by atoms with E-state index >= 15 is 0 Å². The lowest BCUT2D eigenvalue weighted by Gasteiger charge is -2.00. The molecule has 0 saturated heterocycles. The van der Waals surface area contributed by atoms with Gasteiger partial charge in [0.1, 0.15) is 9.76 Å². The monoisotopic (exact) mass is 241 g/mol. The number of halogens is 4. The first-order valence-corrected chi connectivity index (χ1v) is 3.88. The Morgan fingerprint density at radius 3 is 2.55 bits per heavy atom. The minimum absolute atomic E-state index is 0.0972. The summed E-state index contributed by atoms with van der Waals surface area (Å²) in [5.41, 5.74) is -0.144. The highest BCUT2D eigenvalue weighted by Crippen LogP contribution is 2.26. The van der Waals surface area contributed by atoms with Gasteiger partial charge in [0, 0.05) is 0 Å². The Bertz CT molecular complexity index is 267. The van der Waals surface area contributed by atoms with E-state index in [-0.39, 0.29) is 15.3 Å². The van der Waals surface area contributed by atoms with E-state index in [1.165, 1.54) is 12.1 Å². The van der Waals surface area contributed by atoms with Crippen LogP contribution in [0.3, 0.4) is 0 Å². The van der Waals surface area contributed by atoms with Crippen molar-refractivity contribution >= 4 is 27.5 Å². The Labute approximate surface area is 75.5 Å². The van der Waals surface area contributed by atoms with Crippen molar-refractivity contribution in [1.82, 2.24) is 4.98 Å². The molecular weight excluding hydrogens is 239 g/mol. The third-order valence-electron chi connectivity index (χ3n) is 1.08. The number of rotatable bonds is 1. The molecule has 1 nitrogen and oxygen atoms in total. The Morgan fingerprint density at radius 1 is 1.45 bits per heavy atom. The van der Waals surface area contributed by atoms with Gasteiger partial charge in [-0.15, -0.1) is 0 Å². The number of nitrogens with zero attached hydrogens (tertiary/aromatic N) is 1. The largest absolute Gasteiger partial charge is 0.266 e. The highest BCUT2D eigenvalue weighted by molar-refractivity contribution is 9.10. The SMILES string of the molecule is FC(F)c1ccc(Cl)nc1Br. The van der Waals surface area contributed by atoms with E-state index < -0.39 is 6.43 Å². The normalized spacial score (nSPS) is 10.6. The zero-order valence-electron chi connectivity index (χ0n) is 5.19. The first kappa shape index (κ1) is 8.87. The Balaban J connectivity index is 3.09. The van der Waals surface area contributed by atoms with Gasteiger partial charge in [0.25, 0.3) is 6.43 Å². The molecular formula is C6H3BrClF2N. The van der Waals surface area contributed by atoms with E-state index in [2.05, 4.69) is 20.9 Å². The van der Waals surface area contributed by atoms with Gasteiger partial charge in [-0.3, -0.25) is 0 Å². The summed E-state index contributed by atoms with van der Waals surface area (Å²) in [6.45, 7) is 0. The van der Waals surface area contributed by atoms with E-state index in [1.54, 1.807) is 0 Å². The van der Waals surface area contributed by atoms with E-state index in [9.17, 15) is 8.78 Å². The van der Waals surface area contributed by atoms with Gasteiger partial charge in [-0.25, -0.2) is 13.8 Å². The van der Waals surface area contributed by atoms with Crippen LogP contribution in [0.25, 0.3) is 0 Å². The van der Waals surface area contributed by atoms with Gasteiger partial charge in [0.2, 0.25) is 0 Å². The number of aromatic nitrogens is 1. The van der Waals surface area contributed by atoms with Crippen molar-refractivity contribution in [3.8, 4) is 0 Å². The summed E-state index contributed by atoms with van der Waals surface area (Å²) in [6, 6.07) is 2.57. The van der Waals surface area contributed by atoms with Gasteiger partial charge in [-0.1, -0.05) is 11.6 Å². The van der Waals surface area contributed by atoms with Crippen LogP contribution in [0.1, 0.15) is 12.0 Å². The molecule has 0 spiro atoms. The van der Waals surface area contributed by atoms with Crippen LogP contribution in [-0.2, 0) is 0 Å². The molecule has 0 aromatic carbocycles. The first-order chi connectivity index (χ1) is 5.11. The lowest BCUT2D eigenvalue weighted by atomic mass is 10.3. The molecule has 0 bridgehead atoms. The number of hydrogen-bond acceptors (Lipinski definition) is 1. The lowest BCUT2D eigenvalue weighted by molar-refractivity contribution is 0.150. The second-order valence-corrected chi connectivity index (χ2v) is 2.95. The highest BCUT2D eigenvalue weighted by atomic mass is 79.9. The van der Waals surface area contributed by atoms with E-state index in [4.69, 9.17) is 11.6 Å². The van der Waals surface area contributed by atoms with Crippen molar-refractivity contribution in [2.75, 3.05) is 0 Å². The summed E-state index contributed by atoms with van der Waals surface area (Å²) in [7, 11) is 0. The molecule has 1 aromatic heterocycles. The minimum Gasteiger partial charge on any atom is -0.229 e. The van der Waals surface area contributed by atoms with Gasteiger partial charge in [0.05, 0.1) is 5.56 Å². The fourth-order valence-corrected chi connectivity index (χ4v) is 1.33. The van der Waals surface area contributed by atoms with Crippen molar-refractivity contribution < 1.29 is 8.78 Å².